The van der Waals surface area contributed by atoms with Gasteiger partial charge in [-0.15, -0.1) is 0 Å². The standard InChI is InChI=1S/C11H18N2O3/c1-3-15-11(14)9-8(2)10(16-12-9)13-6-4-5-7-13/h8,10H,3-7H2,1-2H3. The van der Waals surface area contributed by atoms with Crippen LogP contribution in [0, 0.1) is 5.92 Å². The summed E-state index contributed by atoms with van der Waals surface area (Å²) in [7, 11) is 0. The minimum Gasteiger partial charge on any atom is -0.461 e. The fourth-order valence-electron chi connectivity index (χ4n) is 2.23. The van der Waals surface area contributed by atoms with Crippen molar-refractivity contribution in [2.24, 2.45) is 11.1 Å². The average molecular weight is 226 g/mol. The Morgan fingerprint density at radius 3 is 2.88 bits per heavy atom. The van der Waals surface area contributed by atoms with E-state index in [-0.39, 0.29) is 18.1 Å². The number of hydrogen-bond donors (Lipinski definition) is 0. The zero-order chi connectivity index (χ0) is 11.5. The van der Waals surface area contributed by atoms with Gasteiger partial charge >= 0.3 is 5.97 Å². The van der Waals surface area contributed by atoms with Crippen LogP contribution < -0.4 is 0 Å². The molecule has 0 aromatic carbocycles. The van der Waals surface area contributed by atoms with E-state index in [9.17, 15) is 4.79 Å². The molecule has 0 aliphatic carbocycles. The van der Waals surface area contributed by atoms with Gasteiger partial charge in [0.15, 0.2) is 11.9 Å². The molecule has 0 radical (unpaired) electrons. The molecule has 0 N–H and O–H groups in total. The number of esters is 1. The lowest BCUT2D eigenvalue weighted by Crippen LogP contribution is -2.39. The second-order valence-corrected chi connectivity index (χ2v) is 4.22. The Hall–Kier alpha value is -1.10. The van der Waals surface area contributed by atoms with Crippen molar-refractivity contribution >= 4 is 11.7 Å². The molecule has 1 fully saturated rings. The number of likely N-dealkylation sites (tertiary alicyclic amines) is 1. The zero-order valence-corrected chi connectivity index (χ0v) is 9.81. The van der Waals surface area contributed by atoms with E-state index in [1.54, 1.807) is 6.92 Å². The van der Waals surface area contributed by atoms with Crippen LogP contribution in [0.25, 0.3) is 0 Å². The summed E-state index contributed by atoms with van der Waals surface area (Å²) in [5.74, 6) is -0.353. The van der Waals surface area contributed by atoms with Gasteiger partial charge in [0, 0.05) is 13.1 Å². The third kappa shape index (κ3) is 2.04. The second-order valence-electron chi connectivity index (χ2n) is 4.22. The van der Waals surface area contributed by atoms with Crippen molar-refractivity contribution in [1.82, 2.24) is 4.90 Å². The van der Waals surface area contributed by atoms with Crippen LogP contribution in [0.3, 0.4) is 0 Å². The first kappa shape index (κ1) is 11.4. The minimum atomic E-state index is -0.350. The summed E-state index contributed by atoms with van der Waals surface area (Å²) >= 11 is 0. The van der Waals surface area contributed by atoms with Gasteiger partial charge < -0.3 is 9.57 Å². The van der Waals surface area contributed by atoms with Crippen molar-refractivity contribution in [2.75, 3.05) is 19.7 Å². The lowest BCUT2D eigenvalue weighted by molar-refractivity contribution is -0.135. The van der Waals surface area contributed by atoms with Crippen molar-refractivity contribution in [2.45, 2.75) is 32.9 Å². The normalized spacial score (nSPS) is 30.0. The lowest BCUT2D eigenvalue weighted by Gasteiger charge is -2.24. The van der Waals surface area contributed by atoms with Crippen LogP contribution in [0.15, 0.2) is 5.16 Å². The fraction of sp³-hybridized carbons (Fsp3) is 0.818. The fourth-order valence-corrected chi connectivity index (χ4v) is 2.23. The van der Waals surface area contributed by atoms with E-state index < -0.39 is 0 Å². The number of carbonyl (C=O) groups excluding carboxylic acids is 1. The highest BCUT2D eigenvalue weighted by molar-refractivity contribution is 6.37. The zero-order valence-electron chi connectivity index (χ0n) is 9.81. The monoisotopic (exact) mass is 226 g/mol. The smallest absolute Gasteiger partial charge is 0.356 e. The van der Waals surface area contributed by atoms with E-state index in [0.29, 0.717) is 12.3 Å². The molecule has 2 rings (SSSR count). The van der Waals surface area contributed by atoms with Crippen molar-refractivity contribution in [1.29, 1.82) is 0 Å². The highest BCUT2D eigenvalue weighted by atomic mass is 16.7. The topological polar surface area (TPSA) is 51.1 Å². The SMILES string of the molecule is CCOC(=O)C1=NOC(N2CCCC2)C1C. The molecule has 0 aromatic rings. The Morgan fingerprint density at radius 1 is 1.56 bits per heavy atom. The molecule has 2 heterocycles. The van der Waals surface area contributed by atoms with Gasteiger partial charge in [-0.1, -0.05) is 12.1 Å². The van der Waals surface area contributed by atoms with Gasteiger partial charge in [0.2, 0.25) is 0 Å². The van der Waals surface area contributed by atoms with Gasteiger partial charge in [-0.2, -0.15) is 0 Å². The molecule has 1 saturated heterocycles. The second kappa shape index (κ2) is 4.82. The molecule has 0 aromatic heterocycles. The van der Waals surface area contributed by atoms with Crippen molar-refractivity contribution in [3.05, 3.63) is 0 Å². The number of nitrogens with zero attached hydrogens (tertiary/aromatic N) is 2. The summed E-state index contributed by atoms with van der Waals surface area (Å²) in [6.07, 6.45) is 2.31. The maximum absolute atomic E-state index is 11.6. The molecule has 2 aliphatic rings. The number of hydrogen-bond acceptors (Lipinski definition) is 5. The van der Waals surface area contributed by atoms with E-state index in [1.807, 2.05) is 6.92 Å². The summed E-state index contributed by atoms with van der Waals surface area (Å²) in [6.45, 7) is 6.18. The molecule has 90 valence electrons. The Balaban J connectivity index is 1.96. The van der Waals surface area contributed by atoms with Gasteiger partial charge in [0.1, 0.15) is 0 Å². The molecule has 0 saturated carbocycles. The number of ether oxygens (including phenoxy) is 1. The molecule has 5 nitrogen and oxygen atoms in total. The van der Waals surface area contributed by atoms with Gasteiger partial charge in [-0.05, 0) is 19.8 Å². The maximum Gasteiger partial charge on any atom is 0.356 e. The van der Waals surface area contributed by atoms with Gasteiger partial charge in [-0.25, -0.2) is 4.79 Å². The van der Waals surface area contributed by atoms with Crippen LogP contribution in [0.1, 0.15) is 26.7 Å². The van der Waals surface area contributed by atoms with E-state index in [2.05, 4.69) is 10.1 Å². The molecule has 5 heteroatoms. The van der Waals surface area contributed by atoms with Crippen LogP contribution >= 0.6 is 0 Å². The average Bonchev–Trinajstić information content (AvgIpc) is 2.86. The third-order valence-electron chi connectivity index (χ3n) is 3.10. The molecular weight excluding hydrogens is 208 g/mol. The van der Waals surface area contributed by atoms with Crippen LogP contribution in [0.5, 0.6) is 0 Å². The van der Waals surface area contributed by atoms with E-state index >= 15 is 0 Å². The molecule has 16 heavy (non-hydrogen) atoms. The van der Waals surface area contributed by atoms with Crippen molar-refractivity contribution in [3.8, 4) is 0 Å². The van der Waals surface area contributed by atoms with E-state index in [4.69, 9.17) is 9.57 Å². The quantitative estimate of drug-likeness (QED) is 0.673. The van der Waals surface area contributed by atoms with Crippen molar-refractivity contribution < 1.29 is 14.4 Å². The molecule has 2 atom stereocenters. The lowest BCUT2D eigenvalue weighted by atomic mass is 10.0. The largest absolute Gasteiger partial charge is 0.461 e. The van der Waals surface area contributed by atoms with Gasteiger partial charge in [-0.3, -0.25) is 4.90 Å². The first-order chi connectivity index (χ1) is 7.74. The molecule has 2 unspecified atom stereocenters. The van der Waals surface area contributed by atoms with E-state index in [0.717, 1.165) is 13.1 Å². The van der Waals surface area contributed by atoms with Crippen LogP contribution in [-0.4, -0.2) is 42.5 Å². The van der Waals surface area contributed by atoms with Crippen LogP contribution in [-0.2, 0) is 14.4 Å². The number of rotatable bonds is 3. The first-order valence-electron chi connectivity index (χ1n) is 5.89. The van der Waals surface area contributed by atoms with Gasteiger partial charge in [0.25, 0.3) is 0 Å². The number of oxime groups is 1. The Morgan fingerprint density at radius 2 is 2.25 bits per heavy atom. The van der Waals surface area contributed by atoms with E-state index in [1.165, 1.54) is 12.8 Å². The summed E-state index contributed by atoms with van der Waals surface area (Å²) in [5, 5.41) is 3.86. The Bertz CT molecular complexity index is 298. The Labute approximate surface area is 95.4 Å². The predicted molar refractivity (Wildman–Crippen MR) is 58.9 cm³/mol. The van der Waals surface area contributed by atoms with Crippen LogP contribution in [0.2, 0.25) is 0 Å². The highest BCUT2D eigenvalue weighted by Gasteiger charge is 2.39. The summed E-state index contributed by atoms with van der Waals surface area (Å²) < 4.78 is 4.94. The van der Waals surface area contributed by atoms with Gasteiger partial charge in [0.05, 0.1) is 12.5 Å². The van der Waals surface area contributed by atoms with Crippen molar-refractivity contribution in [3.63, 3.8) is 0 Å². The summed E-state index contributed by atoms with van der Waals surface area (Å²) in [6, 6.07) is 0. The maximum atomic E-state index is 11.6. The molecular formula is C11H18N2O3. The highest BCUT2D eigenvalue weighted by Crippen LogP contribution is 2.25. The molecule has 2 aliphatic heterocycles. The molecule has 0 spiro atoms. The summed E-state index contributed by atoms with van der Waals surface area (Å²) in [5.41, 5.74) is 0.416. The predicted octanol–water partition coefficient (Wildman–Crippen LogP) is 0.994. The molecule has 0 bridgehead atoms. The minimum absolute atomic E-state index is 0.00264. The first-order valence-corrected chi connectivity index (χ1v) is 5.89. The Kier molecular flexibility index (Phi) is 3.43. The summed E-state index contributed by atoms with van der Waals surface area (Å²) in [4.78, 5) is 19.1. The molecule has 0 amide bonds. The van der Waals surface area contributed by atoms with Crippen LogP contribution in [0.4, 0.5) is 0 Å². The third-order valence-corrected chi connectivity index (χ3v) is 3.10. The number of carbonyl (C=O) groups is 1.